The normalized spacial score (nSPS) is 10.6. The van der Waals surface area contributed by atoms with E-state index < -0.39 is 0 Å². The Balaban J connectivity index is 1.85. The van der Waals surface area contributed by atoms with Gasteiger partial charge < -0.3 is 19.5 Å². The Bertz CT molecular complexity index is 783. The van der Waals surface area contributed by atoms with Gasteiger partial charge in [-0.25, -0.2) is 0 Å². The Morgan fingerprint density at radius 3 is 2.30 bits per heavy atom. The van der Waals surface area contributed by atoms with E-state index in [-0.39, 0.29) is 12.5 Å². The van der Waals surface area contributed by atoms with Crippen LogP contribution in [0.25, 0.3) is 0 Å². The third-order valence-electron chi connectivity index (χ3n) is 4.08. The molecule has 2 aromatic rings. The molecule has 146 valence electrons. The van der Waals surface area contributed by atoms with Crippen molar-refractivity contribution < 1.29 is 19.0 Å². The number of halogens is 1. The molecule has 0 radical (unpaired) electrons. The number of benzene rings is 2. The van der Waals surface area contributed by atoms with Crippen LogP contribution < -0.4 is 19.5 Å². The summed E-state index contributed by atoms with van der Waals surface area (Å²) in [4.78, 5) is 14.2. The Hall–Kier alpha value is -2.44. The number of rotatable bonds is 9. The van der Waals surface area contributed by atoms with E-state index in [1.54, 1.807) is 39.5 Å². The first kappa shape index (κ1) is 20.9. The summed E-state index contributed by atoms with van der Waals surface area (Å²) in [5.74, 6) is 1.87. The van der Waals surface area contributed by atoms with Crippen molar-refractivity contribution in [3.05, 3.63) is 47.0 Å². The molecule has 2 aromatic carbocycles. The molecule has 0 saturated heterocycles. The number of carbonyl (C=O) groups is 1. The summed E-state index contributed by atoms with van der Waals surface area (Å²) in [6, 6.07) is 11.0. The summed E-state index contributed by atoms with van der Waals surface area (Å²) in [6.07, 6.45) is 0.790. The van der Waals surface area contributed by atoms with Crippen molar-refractivity contribution in [2.24, 2.45) is 0 Å². The molecule has 2 rings (SSSR count). The number of hydrogen-bond donors (Lipinski definition) is 1. The van der Waals surface area contributed by atoms with E-state index >= 15 is 0 Å². The van der Waals surface area contributed by atoms with Crippen LogP contribution >= 0.6 is 11.6 Å². The second-order valence-corrected chi connectivity index (χ2v) is 6.48. The second kappa shape index (κ2) is 10.0. The monoisotopic (exact) mass is 392 g/mol. The van der Waals surface area contributed by atoms with Crippen LogP contribution in [-0.2, 0) is 11.2 Å². The molecule has 0 saturated carbocycles. The average molecular weight is 393 g/mol. The maximum Gasteiger partial charge on any atom is 0.238 e. The SMILES string of the molecule is COc1ccc(NC(=O)CN(C)CCc2ccc(OC)c(OC)c2)cc1Cl. The van der Waals surface area contributed by atoms with Gasteiger partial charge in [0.15, 0.2) is 11.5 Å². The van der Waals surface area contributed by atoms with E-state index in [4.69, 9.17) is 25.8 Å². The standard InChI is InChI=1S/C20H25ClN2O4/c1-23(10-9-14-5-7-18(26-3)19(11-14)27-4)13-20(24)22-15-6-8-17(25-2)16(21)12-15/h5-8,11-12H,9-10,13H2,1-4H3,(H,22,24). The summed E-state index contributed by atoms with van der Waals surface area (Å²) in [6.45, 7) is 1.00. The van der Waals surface area contributed by atoms with E-state index in [0.717, 1.165) is 18.5 Å². The molecule has 1 N–H and O–H groups in total. The molecule has 0 aliphatic rings. The van der Waals surface area contributed by atoms with Crippen LogP contribution in [0.4, 0.5) is 5.69 Å². The summed E-state index contributed by atoms with van der Waals surface area (Å²) in [7, 11) is 6.68. The van der Waals surface area contributed by atoms with Gasteiger partial charge in [0.2, 0.25) is 5.91 Å². The predicted octanol–water partition coefficient (Wildman–Crippen LogP) is 3.48. The average Bonchev–Trinajstić information content (AvgIpc) is 2.66. The second-order valence-electron chi connectivity index (χ2n) is 6.07. The van der Waals surface area contributed by atoms with Crippen molar-refractivity contribution in [2.45, 2.75) is 6.42 Å². The molecule has 27 heavy (non-hydrogen) atoms. The fraction of sp³-hybridized carbons (Fsp3) is 0.350. The van der Waals surface area contributed by atoms with Crippen molar-refractivity contribution in [2.75, 3.05) is 46.8 Å². The number of carbonyl (C=O) groups excluding carboxylic acids is 1. The fourth-order valence-electron chi connectivity index (χ4n) is 2.62. The quantitative estimate of drug-likeness (QED) is 0.708. The van der Waals surface area contributed by atoms with Gasteiger partial charge in [-0.05, 0) is 49.4 Å². The molecule has 6 nitrogen and oxygen atoms in total. The number of ether oxygens (including phenoxy) is 3. The highest BCUT2D eigenvalue weighted by atomic mass is 35.5. The minimum absolute atomic E-state index is 0.106. The van der Waals surface area contributed by atoms with E-state index in [0.29, 0.717) is 28.0 Å². The van der Waals surface area contributed by atoms with Crippen LogP contribution in [0, 0.1) is 0 Å². The van der Waals surface area contributed by atoms with Crippen LogP contribution in [-0.4, -0.2) is 52.3 Å². The van der Waals surface area contributed by atoms with Crippen molar-refractivity contribution >= 4 is 23.2 Å². The first-order chi connectivity index (χ1) is 13.0. The van der Waals surface area contributed by atoms with Crippen LogP contribution in [0.5, 0.6) is 17.2 Å². The summed E-state index contributed by atoms with van der Waals surface area (Å²) in [5.41, 5.74) is 1.75. The maximum atomic E-state index is 12.2. The van der Waals surface area contributed by atoms with Gasteiger partial charge in [-0.2, -0.15) is 0 Å². The number of hydrogen-bond acceptors (Lipinski definition) is 5. The molecule has 0 spiro atoms. The lowest BCUT2D eigenvalue weighted by Gasteiger charge is -2.17. The Morgan fingerprint density at radius 2 is 1.67 bits per heavy atom. The number of likely N-dealkylation sites (N-methyl/N-ethyl adjacent to an activating group) is 1. The van der Waals surface area contributed by atoms with E-state index in [1.807, 2.05) is 30.1 Å². The van der Waals surface area contributed by atoms with Crippen LogP contribution in [0.3, 0.4) is 0 Å². The van der Waals surface area contributed by atoms with E-state index in [1.165, 1.54) is 0 Å². The molecule has 0 aromatic heterocycles. The summed E-state index contributed by atoms with van der Waals surface area (Å²) < 4.78 is 15.7. The lowest BCUT2D eigenvalue weighted by Crippen LogP contribution is -2.31. The number of amides is 1. The van der Waals surface area contributed by atoms with Crippen LogP contribution in [0.1, 0.15) is 5.56 Å². The topological polar surface area (TPSA) is 60.0 Å². The van der Waals surface area contributed by atoms with E-state index in [9.17, 15) is 4.79 Å². The molecule has 0 fully saturated rings. The lowest BCUT2D eigenvalue weighted by molar-refractivity contribution is -0.117. The summed E-state index contributed by atoms with van der Waals surface area (Å²) in [5, 5.41) is 3.29. The van der Waals surface area contributed by atoms with Gasteiger partial charge in [-0.3, -0.25) is 9.69 Å². The van der Waals surface area contributed by atoms with Gasteiger partial charge >= 0.3 is 0 Å². The minimum atomic E-state index is -0.106. The third-order valence-corrected chi connectivity index (χ3v) is 4.37. The molecule has 0 aliphatic carbocycles. The van der Waals surface area contributed by atoms with Crippen molar-refractivity contribution in [1.29, 1.82) is 0 Å². The van der Waals surface area contributed by atoms with Gasteiger partial charge in [-0.15, -0.1) is 0 Å². The molecule has 0 heterocycles. The highest BCUT2D eigenvalue weighted by molar-refractivity contribution is 6.32. The van der Waals surface area contributed by atoms with Gasteiger partial charge in [0, 0.05) is 12.2 Å². The third kappa shape index (κ3) is 6.05. The predicted molar refractivity (Wildman–Crippen MR) is 107 cm³/mol. The Kier molecular flexibility index (Phi) is 7.76. The van der Waals surface area contributed by atoms with Gasteiger partial charge in [-0.1, -0.05) is 17.7 Å². The van der Waals surface area contributed by atoms with Crippen LogP contribution in [0.15, 0.2) is 36.4 Å². The number of anilines is 1. The molecule has 0 bridgehead atoms. The Labute approximate surface area is 165 Å². The smallest absolute Gasteiger partial charge is 0.238 e. The fourth-order valence-corrected chi connectivity index (χ4v) is 2.88. The zero-order valence-corrected chi connectivity index (χ0v) is 16.8. The van der Waals surface area contributed by atoms with Crippen molar-refractivity contribution in [1.82, 2.24) is 4.90 Å². The van der Waals surface area contributed by atoms with Crippen molar-refractivity contribution in [3.63, 3.8) is 0 Å². The number of methoxy groups -OCH3 is 3. The zero-order valence-electron chi connectivity index (χ0n) is 16.0. The van der Waals surface area contributed by atoms with Gasteiger partial charge in [0.25, 0.3) is 0 Å². The molecule has 0 atom stereocenters. The number of nitrogens with one attached hydrogen (secondary N) is 1. The van der Waals surface area contributed by atoms with Crippen molar-refractivity contribution in [3.8, 4) is 17.2 Å². The molecular formula is C20H25ClN2O4. The van der Waals surface area contributed by atoms with E-state index in [2.05, 4.69) is 5.32 Å². The summed E-state index contributed by atoms with van der Waals surface area (Å²) >= 11 is 6.08. The minimum Gasteiger partial charge on any atom is -0.495 e. The van der Waals surface area contributed by atoms with Crippen LogP contribution in [0.2, 0.25) is 5.02 Å². The highest BCUT2D eigenvalue weighted by Gasteiger charge is 2.10. The molecule has 0 unspecified atom stereocenters. The molecule has 7 heteroatoms. The number of nitrogens with zero attached hydrogens (tertiary/aromatic N) is 1. The Morgan fingerprint density at radius 1 is 1.00 bits per heavy atom. The highest BCUT2D eigenvalue weighted by Crippen LogP contribution is 2.28. The van der Waals surface area contributed by atoms with Gasteiger partial charge in [0.05, 0.1) is 32.9 Å². The molecule has 1 amide bonds. The maximum absolute atomic E-state index is 12.2. The largest absolute Gasteiger partial charge is 0.495 e. The first-order valence-corrected chi connectivity index (χ1v) is 8.87. The van der Waals surface area contributed by atoms with Gasteiger partial charge in [0.1, 0.15) is 5.75 Å². The zero-order chi connectivity index (χ0) is 19.8. The molecular weight excluding hydrogens is 368 g/mol. The lowest BCUT2D eigenvalue weighted by atomic mass is 10.1. The molecule has 0 aliphatic heterocycles. The first-order valence-electron chi connectivity index (χ1n) is 8.49.